The summed E-state index contributed by atoms with van der Waals surface area (Å²) in [5.41, 5.74) is 2.05. The van der Waals surface area contributed by atoms with E-state index in [1.54, 1.807) is 55.5 Å². The SMILES string of the molecule is Cc1onc(-c2ccccc2Cl)c1C(=O)NCc1ccc(S(=O)(=O)N2CCOCC2)cc1. The molecule has 1 aliphatic rings. The van der Waals surface area contributed by atoms with Crippen molar-refractivity contribution in [2.24, 2.45) is 0 Å². The Hall–Kier alpha value is -2.72. The van der Waals surface area contributed by atoms with E-state index in [1.165, 1.54) is 4.31 Å². The molecule has 168 valence electrons. The molecule has 0 aliphatic carbocycles. The van der Waals surface area contributed by atoms with E-state index in [1.807, 2.05) is 0 Å². The number of amides is 1. The summed E-state index contributed by atoms with van der Waals surface area (Å²) in [6, 6.07) is 13.5. The smallest absolute Gasteiger partial charge is 0.257 e. The minimum atomic E-state index is -3.56. The third kappa shape index (κ3) is 4.56. The predicted molar refractivity (Wildman–Crippen MR) is 119 cm³/mol. The highest BCUT2D eigenvalue weighted by molar-refractivity contribution is 7.89. The van der Waals surface area contributed by atoms with Gasteiger partial charge in [-0.05, 0) is 30.7 Å². The number of hydrogen-bond donors (Lipinski definition) is 1. The second-order valence-corrected chi connectivity index (χ2v) is 9.63. The first-order chi connectivity index (χ1) is 15.4. The lowest BCUT2D eigenvalue weighted by molar-refractivity contribution is 0.0730. The van der Waals surface area contributed by atoms with E-state index in [2.05, 4.69) is 10.5 Å². The largest absolute Gasteiger partial charge is 0.379 e. The van der Waals surface area contributed by atoms with Crippen molar-refractivity contribution in [1.82, 2.24) is 14.8 Å². The van der Waals surface area contributed by atoms with Gasteiger partial charge in [0, 0.05) is 25.2 Å². The molecule has 0 bridgehead atoms. The molecule has 1 aromatic heterocycles. The highest BCUT2D eigenvalue weighted by Crippen LogP contribution is 2.31. The van der Waals surface area contributed by atoms with Crippen molar-refractivity contribution < 1.29 is 22.5 Å². The summed E-state index contributed by atoms with van der Waals surface area (Å²) in [6.45, 7) is 3.33. The zero-order chi connectivity index (χ0) is 22.7. The van der Waals surface area contributed by atoms with Gasteiger partial charge in [-0.3, -0.25) is 4.79 Å². The van der Waals surface area contributed by atoms with E-state index in [-0.39, 0.29) is 17.3 Å². The summed E-state index contributed by atoms with van der Waals surface area (Å²) in [4.78, 5) is 13.1. The third-order valence-corrected chi connectivity index (χ3v) is 7.45. The number of benzene rings is 2. The molecule has 10 heteroatoms. The zero-order valence-electron chi connectivity index (χ0n) is 17.4. The van der Waals surface area contributed by atoms with E-state index in [0.717, 1.165) is 5.56 Å². The van der Waals surface area contributed by atoms with Crippen LogP contribution in [0, 0.1) is 6.92 Å². The number of ether oxygens (including phenoxy) is 1. The highest BCUT2D eigenvalue weighted by Gasteiger charge is 2.26. The average Bonchev–Trinajstić information content (AvgIpc) is 3.20. The first-order valence-corrected chi connectivity index (χ1v) is 11.9. The Balaban J connectivity index is 1.46. The number of carbonyl (C=O) groups excluding carboxylic acids is 1. The fourth-order valence-electron chi connectivity index (χ4n) is 3.46. The number of carbonyl (C=O) groups is 1. The molecule has 1 amide bonds. The Morgan fingerprint density at radius 2 is 1.81 bits per heavy atom. The Labute approximate surface area is 191 Å². The van der Waals surface area contributed by atoms with Gasteiger partial charge in [-0.15, -0.1) is 0 Å². The van der Waals surface area contributed by atoms with Gasteiger partial charge < -0.3 is 14.6 Å². The predicted octanol–water partition coefficient (Wildman–Crippen LogP) is 3.25. The Morgan fingerprint density at radius 1 is 1.12 bits per heavy atom. The molecule has 0 atom stereocenters. The lowest BCUT2D eigenvalue weighted by Crippen LogP contribution is -2.40. The minimum absolute atomic E-state index is 0.212. The van der Waals surface area contributed by atoms with Gasteiger partial charge >= 0.3 is 0 Å². The quantitative estimate of drug-likeness (QED) is 0.587. The van der Waals surface area contributed by atoms with Crippen LogP contribution in [0.1, 0.15) is 21.7 Å². The summed E-state index contributed by atoms with van der Waals surface area (Å²) >= 11 is 6.25. The van der Waals surface area contributed by atoms with Crippen LogP contribution in [0.2, 0.25) is 5.02 Å². The number of nitrogens with one attached hydrogen (secondary N) is 1. The molecule has 4 rings (SSSR count). The Morgan fingerprint density at radius 3 is 2.50 bits per heavy atom. The Kier molecular flexibility index (Phi) is 6.61. The van der Waals surface area contributed by atoms with Crippen molar-refractivity contribution in [2.75, 3.05) is 26.3 Å². The van der Waals surface area contributed by atoms with Crippen LogP contribution in [-0.2, 0) is 21.3 Å². The summed E-state index contributed by atoms with van der Waals surface area (Å²) in [5, 5.41) is 7.31. The molecule has 0 spiro atoms. The van der Waals surface area contributed by atoms with Gasteiger partial charge in [0.1, 0.15) is 17.0 Å². The van der Waals surface area contributed by atoms with E-state index in [0.29, 0.717) is 53.9 Å². The van der Waals surface area contributed by atoms with Gasteiger partial charge in [0.15, 0.2) is 0 Å². The van der Waals surface area contributed by atoms with Gasteiger partial charge in [0.05, 0.1) is 23.1 Å². The molecule has 1 N–H and O–H groups in total. The summed E-state index contributed by atoms with van der Waals surface area (Å²) < 4.78 is 37.3. The molecule has 8 nitrogen and oxygen atoms in total. The van der Waals surface area contributed by atoms with E-state index >= 15 is 0 Å². The molecule has 1 fully saturated rings. The second kappa shape index (κ2) is 9.41. The summed E-state index contributed by atoms with van der Waals surface area (Å²) in [7, 11) is -3.56. The molecule has 1 saturated heterocycles. The van der Waals surface area contributed by atoms with Crippen LogP contribution >= 0.6 is 11.6 Å². The molecular weight excluding hydrogens is 454 g/mol. The van der Waals surface area contributed by atoms with Crippen molar-refractivity contribution >= 4 is 27.5 Å². The van der Waals surface area contributed by atoms with Gasteiger partial charge in [-0.25, -0.2) is 8.42 Å². The fourth-order valence-corrected chi connectivity index (χ4v) is 5.10. The van der Waals surface area contributed by atoms with Crippen LogP contribution in [0.3, 0.4) is 0 Å². The highest BCUT2D eigenvalue weighted by atomic mass is 35.5. The third-order valence-electron chi connectivity index (χ3n) is 5.20. The normalized spacial score (nSPS) is 14.9. The number of sulfonamides is 1. The number of halogens is 1. The van der Waals surface area contributed by atoms with Gasteiger partial charge in [-0.2, -0.15) is 4.31 Å². The first-order valence-electron chi connectivity index (χ1n) is 10.0. The van der Waals surface area contributed by atoms with Crippen molar-refractivity contribution in [3.63, 3.8) is 0 Å². The molecule has 0 unspecified atom stereocenters. The maximum absolute atomic E-state index is 12.9. The van der Waals surface area contributed by atoms with Crippen molar-refractivity contribution in [3.05, 3.63) is 70.4 Å². The van der Waals surface area contributed by atoms with Crippen molar-refractivity contribution in [3.8, 4) is 11.3 Å². The molecule has 0 radical (unpaired) electrons. The molecular formula is C22H22ClN3O5S. The van der Waals surface area contributed by atoms with Crippen LogP contribution in [0.5, 0.6) is 0 Å². The van der Waals surface area contributed by atoms with Crippen LogP contribution in [-0.4, -0.2) is 50.1 Å². The maximum Gasteiger partial charge on any atom is 0.257 e. The molecule has 2 heterocycles. The van der Waals surface area contributed by atoms with Gasteiger partial charge in [0.2, 0.25) is 10.0 Å². The molecule has 3 aromatic rings. The number of aromatic nitrogens is 1. The van der Waals surface area contributed by atoms with Crippen LogP contribution in [0.25, 0.3) is 11.3 Å². The number of nitrogens with zero attached hydrogens (tertiary/aromatic N) is 2. The standard InChI is InChI=1S/C22H22ClN3O5S/c1-15-20(21(25-31-15)18-4-2-3-5-19(18)23)22(27)24-14-16-6-8-17(9-7-16)32(28,29)26-10-12-30-13-11-26/h2-9H,10-14H2,1H3,(H,24,27). The number of aryl methyl sites for hydroxylation is 1. The number of rotatable bonds is 6. The lowest BCUT2D eigenvalue weighted by Gasteiger charge is -2.26. The average molecular weight is 476 g/mol. The molecule has 0 saturated carbocycles. The van der Waals surface area contributed by atoms with Crippen molar-refractivity contribution in [2.45, 2.75) is 18.4 Å². The maximum atomic E-state index is 12.9. The minimum Gasteiger partial charge on any atom is -0.379 e. The molecule has 2 aromatic carbocycles. The topological polar surface area (TPSA) is 102 Å². The van der Waals surface area contributed by atoms with Crippen LogP contribution < -0.4 is 5.32 Å². The zero-order valence-corrected chi connectivity index (χ0v) is 18.9. The second-order valence-electron chi connectivity index (χ2n) is 7.29. The van der Waals surface area contributed by atoms with Gasteiger partial charge in [0.25, 0.3) is 5.91 Å². The van der Waals surface area contributed by atoms with E-state index in [9.17, 15) is 13.2 Å². The van der Waals surface area contributed by atoms with Crippen LogP contribution in [0.4, 0.5) is 0 Å². The fraction of sp³-hybridized carbons (Fsp3) is 0.273. The van der Waals surface area contributed by atoms with Crippen molar-refractivity contribution in [1.29, 1.82) is 0 Å². The Bertz CT molecular complexity index is 1220. The molecule has 32 heavy (non-hydrogen) atoms. The molecule has 1 aliphatic heterocycles. The van der Waals surface area contributed by atoms with Gasteiger partial charge in [-0.1, -0.05) is 47.1 Å². The number of hydrogen-bond acceptors (Lipinski definition) is 6. The van der Waals surface area contributed by atoms with Crippen LogP contribution in [0.15, 0.2) is 57.9 Å². The summed E-state index contributed by atoms with van der Waals surface area (Å²) in [6.07, 6.45) is 0. The monoisotopic (exact) mass is 475 g/mol. The van der Waals surface area contributed by atoms with E-state index in [4.69, 9.17) is 20.9 Å². The lowest BCUT2D eigenvalue weighted by atomic mass is 10.1. The summed E-state index contributed by atoms with van der Waals surface area (Å²) in [5.74, 6) is 0.0213. The van der Waals surface area contributed by atoms with E-state index < -0.39 is 10.0 Å². The first kappa shape index (κ1) is 22.5. The number of morpholine rings is 1.